The molecular formula is C10H14O3. The summed E-state index contributed by atoms with van der Waals surface area (Å²) in [6.07, 6.45) is 0.171. The Hall–Kier alpha value is -0.380. The third-order valence-electron chi connectivity index (χ3n) is 3.93. The molecule has 0 aromatic rings. The van der Waals surface area contributed by atoms with Gasteiger partial charge in [-0.3, -0.25) is 0 Å². The predicted molar refractivity (Wildman–Crippen MR) is 46.0 cm³/mol. The second-order valence-electron chi connectivity index (χ2n) is 4.51. The number of aliphatic hydroxyl groups is 1. The van der Waals surface area contributed by atoms with Crippen molar-refractivity contribution in [3.63, 3.8) is 0 Å². The molecule has 4 aliphatic rings. The first-order valence-corrected chi connectivity index (χ1v) is 4.79. The van der Waals surface area contributed by atoms with Crippen LogP contribution in [0.25, 0.3) is 0 Å². The summed E-state index contributed by atoms with van der Waals surface area (Å²) in [6, 6.07) is 0. The smallest absolute Gasteiger partial charge is 0.180 e. The molecule has 3 nitrogen and oxygen atoms in total. The van der Waals surface area contributed by atoms with Gasteiger partial charge in [0.15, 0.2) is 6.29 Å². The number of rotatable bonds is 0. The van der Waals surface area contributed by atoms with Gasteiger partial charge in [-0.1, -0.05) is 6.58 Å². The zero-order valence-corrected chi connectivity index (χ0v) is 7.69. The first-order chi connectivity index (χ1) is 6.13. The van der Waals surface area contributed by atoms with Crippen LogP contribution in [-0.2, 0) is 9.47 Å². The van der Waals surface area contributed by atoms with Crippen LogP contribution in [0.5, 0.6) is 0 Å². The average molecular weight is 182 g/mol. The van der Waals surface area contributed by atoms with Crippen molar-refractivity contribution in [2.24, 2.45) is 11.8 Å². The molecule has 1 aliphatic carbocycles. The van der Waals surface area contributed by atoms with Crippen LogP contribution in [0.15, 0.2) is 12.2 Å². The minimum atomic E-state index is -0.380. The molecule has 4 rings (SSSR count). The van der Waals surface area contributed by atoms with Crippen molar-refractivity contribution < 1.29 is 14.6 Å². The van der Waals surface area contributed by atoms with Crippen molar-refractivity contribution in [2.75, 3.05) is 6.61 Å². The van der Waals surface area contributed by atoms with Gasteiger partial charge in [0.1, 0.15) is 5.60 Å². The molecule has 4 bridgehead atoms. The van der Waals surface area contributed by atoms with Gasteiger partial charge in [-0.05, 0) is 24.8 Å². The molecule has 1 saturated carbocycles. The van der Waals surface area contributed by atoms with Crippen molar-refractivity contribution >= 4 is 0 Å². The van der Waals surface area contributed by atoms with E-state index < -0.39 is 0 Å². The summed E-state index contributed by atoms with van der Waals surface area (Å²) in [5, 5.41) is 9.88. The van der Waals surface area contributed by atoms with E-state index in [0.717, 1.165) is 12.0 Å². The van der Waals surface area contributed by atoms with Gasteiger partial charge in [0, 0.05) is 5.92 Å². The first-order valence-electron chi connectivity index (χ1n) is 4.79. The highest BCUT2D eigenvalue weighted by Gasteiger charge is 2.62. The third kappa shape index (κ3) is 0.760. The van der Waals surface area contributed by atoms with Crippen LogP contribution < -0.4 is 0 Å². The summed E-state index contributed by atoms with van der Waals surface area (Å²) in [7, 11) is 0. The summed E-state index contributed by atoms with van der Waals surface area (Å²) < 4.78 is 11.2. The Kier molecular flexibility index (Phi) is 1.33. The van der Waals surface area contributed by atoms with Gasteiger partial charge in [-0.15, -0.1) is 0 Å². The number of fused-ring (bicyclic) bond motifs is 1. The molecule has 0 spiro atoms. The zero-order valence-electron chi connectivity index (χ0n) is 7.69. The molecule has 3 saturated heterocycles. The van der Waals surface area contributed by atoms with Crippen LogP contribution in [0.2, 0.25) is 0 Å². The molecular weight excluding hydrogens is 168 g/mol. The summed E-state index contributed by atoms with van der Waals surface area (Å²) in [5.41, 5.74) is 0.639. The molecule has 5 atom stereocenters. The Morgan fingerprint density at radius 1 is 1.62 bits per heavy atom. The van der Waals surface area contributed by atoms with Crippen LogP contribution in [-0.4, -0.2) is 29.7 Å². The van der Waals surface area contributed by atoms with Crippen molar-refractivity contribution in [1.82, 2.24) is 0 Å². The molecule has 0 aromatic carbocycles. The topological polar surface area (TPSA) is 38.7 Å². The molecule has 4 fully saturated rings. The van der Waals surface area contributed by atoms with E-state index in [1.165, 1.54) is 0 Å². The summed E-state index contributed by atoms with van der Waals surface area (Å²) in [5.74, 6) is 0.715. The van der Waals surface area contributed by atoms with E-state index in [1.807, 2.05) is 6.92 Å². The molecule has 3 heterocycles. The van der Waals surface area contributed by atoms with E-state index in [0.29, 0.717) is 18.4 Å². The highest BCUT2D eigenvalue weighted by molar-refractivity contribution is 5.22. The lowest BCUT2D eigenvalue weighted by atomic mass is 9.79. The largest absolute Gasteiger partial charge is 0.390 e. The first kappa shape index (κ1) is 7.97. The average Bonchev–Trinajstić information content (AvgIpc) is 2.32. The predicted octanol–water partition coefficient (Wildman–Crippen LogP) is 0.685. The molecule has 0 aromatic heterocycles. The molecule has 13 heavy (non-hydrogen) atoms. The fourth-order valence-corrected chi connectivity index (χ4v) is 2.96. The molecule has 3 heteroatoms. The molecule has 3 aliphatic heterocycles. The summed E-state index contributed by atoms with van der Waals surface area (Å²) >= 11 is 0. The maximum absolute atomic E-state index is 9.88. The van der Waals surface area contributed by atoms with Crippen LogP contribution in [0.4, 0.5) is 0 Å². The van der Waals surface area contributed by atoms with Gasteiger partial charge in [0.25, 0.3) is 0 Å². The summed E-state index contributed by atoms with van der Waals surface area (Å²) in [6.45, 7) is 6.68. The lowest BCUT2D eigenvalue weighted by molar-refractivity contribution is -0.293. The van der Waals surface area contributed by atoms with Gasteiger partial charge in [0.05, 0.1) is 12.7 Å². The Morgan fingerprint density at radius 2 is 2.38 bits per heavy atom. The van der Waals surface area contributed by atoms with Crippen LogP contribution in [0.3, 0.4) is 0 Å². The van der Waals surface area contributed by atoms with E-state index in [2.05, 4.69) is 6.58 Å². The molecule has 0 amide bonds. The lowest BCUT2D eigenvalue weighted by Gasteiger charge is -2.49. The van der Waals surface area contributed by atoms with Crippen molar-refractivity contribution in [3.8, 4) is 0 Å². The standard InChI is InChI=1S/C10H14O3/c1-5-6-3-8(11)10(2)7(6)4-12-9(5)13-10/h6-9,11H,1,3-4H2,2H3/t6-,7+,8+,9+,10+/m1/s1. The van der Waals surface area contributed by atoms with E-state index in [9.17, 15) is 5.11 Å². The van der Waals surface area contributed by atoms with Crippen LogP contribution >= 0.6 is 0 Å². The maximum atomic E-state index is 9.88. The van der Waals surface area contributed by atoms with Gasteiger partial charge < -0.3 is 14.6 Å². The normalized spacial score (nSPS) is 58.8. The second kappa shape index (κ2) is 2.16. The van der Waals surface area contributed by atoms with Crippen molar-refractivity contribution in [3.05, 3.63) is 12.2 Å². The van der Waals surface area contributed by atoms with Crippen LogP contribution in [0.1, 0.15) is 13.3 Å². The van der Waals surface area contributed by atoms with E-state index in [1.54, 1.807) is 0 Å². The highest BCUT2D eigenvalue weighted by atomic mass is 16.7. The Balaban J connectivity index is 2.07. The highest BCUT2D eigenvalue weighted by Crippen LogP contribution is 2.55. The monoisotopic (exact) mass is 182 g/mol. The third-order valence-corrected chi connectivity index (χ3v) is 3.93. The second-order valence-corrected chi connectivity index (χ2v) is 4.51. The Bertz CT molecular complexity index is 275. The quantitative estimate of drug-likeness (QED) is 0.560. The van der Waals surface area contributed by atoms with Gasteiger partial charge in [-0.25, -0.2) is 0 Å². The van der Waals surface area contributed by atoms with Gasteiger partial charge in [-0.2, -0.15) is 0 Å². The Morgan fingerprint density at radius 3 is 3.08 bits per heavy atom. The minimum absolute atomic E-state index is 0.267. The molecule has 72 valence electrons. The molecule has 0 radical (unpaired) electrons. The van der Waals surface area contributed by atoms with E-state index >= 15 is 0 Å². The summed E-state index contributed by atoms with van der Waals surface area (Å²) in [4.78, 5) is 0. The SMILES string of the molecule is C=C1[C@H]2OC[C@H]3[C@@H]1C[C@H](O)[C@@]3(C)O2. The van der Waals surface area contributed by atoms with E-state index in [4.69, 9.17) is 9.47 Å². The van der Waals surface area contributed by atoms with Gasteiger partial charge in [0.2, 0.25) is 0 Å². The minimum Gasteiger partial charge on any atom is -0.390 e. The van der Waals surface area contributed by atoms with Crippen LogP contribution in [0, 0.1) is 11.8 Å². The number of hydrogen-bond donors (Lipinski definition) is 1. The zero-order chi connectivity index (χ0) is 9.22. The van der Waals surface area contributed by atoms with Crippen molar-refractivity contribution in [2.45, 2.75) is 31.3 Å². The molecule has 0 unspecified atom stereocenters. The fourth-order valence-electron chi connectivity index (χ4n) is 2.96. The number of aliphatic hydroxyl groups excluding tert-OH is 1. The Labute approximate surface area is 77.3 Å². The van der Waals surface area contributed by atoms with Gasteiger partial charge >= 0.3 is 0 Å². The maximum Gasteiger partial charge on any atom is 0.180 e. The molecule has 1 N–H and O–H groups in total. The van der Waals surface area contributed by atoms with Crippen molar-refractivity contribution in [1.29, 1.82) is 0 Å². The fraction of sp³-hybridized carbons (Fsp3) is 0.800. The number of hydrogen-bond acceptors (Lipinski definition) is 3. The van der Waals surface area contributed by atoms with E-state index in [-0.39, 0.29) is 18.0 Å². The lowest BCUT2D eigenvalue weighted by Crippen LogP contribution is -2.57. The number of ether oxygens (including phenoxy) is 2.